The lowest BCUT2D eigenvalue weighted by molar-refractivity contribution is 0.250. The molecule has 0 rings (SSSR count). The number of nitrogens with one attached hydrogen (secondary N) is 1. The number of aliphatic hydroxyl groups excluding tert-OH is 1. The fourth-order valence-electron chi connectivity index (χ4n) is 0.206. The molecule has 0 spiro atoms. The minimum Gasteiger partial charge on any atom is -0.392 e. The van der Waals surface area contributed by atoms with Crippen molar-refractivity contribution in [2.24, 2.45) is 5.73 Å². The third kappa shape index (κ3) is 5.66. The molecule has 0 aliphatic heterocycles. The van der Waals surface area contributed by atoms with Crippen LogP contribution in [0.1, 0.15) is 0 Å². The summed E-state index contributed by atoms with van der Waals surface area (Å²) in [6.07, 6.45) is 0.589. The Bertz CT molecular complexity index is 77.7. The summed E-state index contributed by atoms with van der Waals surface area (Å²) in [4.78, 5) is 9.91. The summed E-state index contributed by atoms with van der Waals surface area (Å²) < 4.78 is 0. The lowest BCUT2D eigenvalue weighted by Crippen LogP contribution is -2.28. The Hall–Kier alpha value is -0.340. The van der Waals surface area contributed by atoms with Gasteiger partial charge in [0.2, 0.25) is 0 Å². The van der Waals surface area contributed by atoms with Crippen LogP contribution in [-0.2, 0) is 0 Å². The number of carbonyl (C=O) groups is 1. The Labute approximate surface area is 49.2 Å². The molecule has 4 N–H and O–H groups in total. The Morgan fingerprint density at radius 2 is 2.50 bits per heavy atom. The molecular weight excluding hydrogens is 127 g/mol. The number of rotatable bonds is 3. The van der Waals surface area contributed by atoms with E-state index in [1.807, 2.05) is 0 Å². The van der Waals surface area contributed by atoms with Crippen molar-refractivity contribution in [3.63, 3.8) is 0 Å². The van der Waals surface area contributed by atoms with Gasteiger partial charge in [-0.15, -0.1) is 0 Å². The second-order valence-electron chi connectivity index (χ2n) is 1.13. The van der Waals surface area contributed by atoms with E-state index in [0.29, 0.717) is 14.9 Å². The van der Waals surface area contributed by atoms with Gasteiger partial charge in [-0.1, -0.05) is 8.58 Å². The number of carbonyl (C=O) groups excluding carboxylic acids is 1. The highest BCUT2D eigenvalue weighted by Crippen LogP contribution is 2.01. The Morgan fingerprint density at radius 3 is 2.88 bits per heavy atom. The maximum atomic E-state index is 9.91. The lowest BCUT2D eigenvalue weighted by Gasteiger charge is -1.96. The molecule has 2 amide bonds. The SMILES string of the molecule is NC(=O)NCPCO. The number of urea groups is 1. The third-order valence-corrected chi connectivity index (χ3v) is 1.15. The van der Waals surface area contributed by atoms with Crippen molar-refractivity contribution in [3.05, 3.63) is 0 Å². The summed E-state index contributed by atoms with van der Waals surface area (Å²) in [6.45, 7) is 0. The summed E-state index contributed by atoms with van der Waals surface area (Å²) >= 11 is 0. The summed E-state index contributed by atoms with van der Waals surface area (Å²) in [5, 5.41) is 10.5. The molecule has 8 heavy (non-hydrogen) atoms. The first kappa shape index (κ1) is 7.66. The van der Waals surface area contributed by atoms with Gasteiger partial charge in [-0.3, -0.25) is 0 Å². The number of hydrogen-bond donors (Lipinski definition) is 3. The number of aliphatic hydroxyl groups is 1. The van der Waals surface area contributed by atoms with E-state index in [1.165, 1.54) is 0 Å². The zero-order chi connectivity index (χ0) is 6.41. The highest BCUT2D eigenvalue weighted by atomic mass is 31.1. The monoisotopic (exact) mass is 136 g/mol. The minimum atomic E-state index is -0.536. The zero-order valence-electron chi connectivity index (χ0n) is 4.35. The van der Waals surface area contributed by atoms with Crippen molar-refractivity contribution in [1.82, 2.24) is 5.32 Å². The zero-order valence-corrected chi connectivity index (χ0v) is 5.35. The van der Waals surface area contributed by atoms with Gasteiger partial charge in [0.25, 0.3) is 0 Å². The van der Waals surface area contributed by atoms with Gasteiger partial charge in [0.05, 0.1) is 6.35 Å². The molecule has 1 unspecified atom stereocenters. The predicted octanol–water partition coefficient (Wildman–Crippen LogP) is -0.760. The molecule has 0 aromatic heterocycles. The highest BCUT2D eigenvalue weighted by molar-refractivity contribution is 7.37. The maximum absolute atomic E-state index is 9.91. The number of nitrogens with two attached hydrogens (primary N) is 1. The fourth-order valence-corrected chi connectivity index (χ4v) is 0.617. The maximum Gasteiger partial charge on any atom is 0.312 e. The molecule has 4 nitrogen and oxygen atoms in total. The number of primary amides is 1. The first-order valence-corrected chi connectivity index (χ1v) is 3.53. The Balaban J connectivity index is 2.82. The van der Waals surface area contributed by atoms with E-state index in [0.717, 1.165) is 0 Å². The molecule has 0 fully saturated rings. The van der Waals surface area contributed by atoms with Crippen LogP contribution in [-0.4, -0.2) is 23.8 Å². The highest BCUT2D eigenvalue weighted by Gasteiger charge is 1.86. The predicted molar refractivity (Wildman–Crippen MR) is 33.0 cm³/mol. The van der Waals surface area contributed by atoms with Gasteiger partial charge in [-0.05, 0) is 0 Å². The van der Waals surface area contributed by atoms with Crippen LogP contribution in [0.25, 0.3) is 0 Å². The molecule has 0 saturated heterocycles. The molecule has 0 saturated carbocycles. The van der Waals surface area contributed by atoms with Crippen molar-refractivity contribution in [2.45, 2.75) is 0 Å². The standard InChI is InChI=1S/C3H9N2O2P/c4-3(7)5-1-8-2-6/h6,8H,1-2H2,(H3,4,5,7). The Kier molecular flexibility index (Phi) is 4.61. The average molecular weight is 136 g/mol. The van der Waals surface area contributed by atoms with Crippen molar-refractivity contribution >= 4 is 14.6 Å². The molecule has 0 aliphatic rings. The van der Waals surface area contributed by atoms with E-state index < -0.39 is 6.03 Å². The summed E-state index contributed by atoms with van der Waals surface area (Å²) in [6, 6.07) is -0.536. The van der Waals surface area contributed by atoms with Gasteiger partial charge < -0.3 is 16.2 Å². The Morgan fingerprint density at radius 1 is 1.88 bits per heavy atom. The van der Waals surface area contributed by atoms with Crippen molar-refractivity contribution in [3.8, 4) is 0 Å². The molecule has 0 bridgehead atoms. The molecule has 5 heteroatoms. The van der Waals surface area contributed by atoms with Crippen LogP contribution >= 0.6 is 8.58 Å². The van der Waals surface area contributed by atoms with Crippen molar-refractivity contribution in [1.29, 1.82) is 0 Å². The van der Waals surface area contributed by atoms with Crippen LogP contribution in [0.15, 0.2) is 0 Å². The molecule has 0 radical (unpaired) electrons. The van der Waals surface area contributed by atoms with Crippen molar-refractivity contribution < 1.29 is 9.90 Å². The normalized spacial score (nSPS) is 10.1. The molecule has 48 valence electrons. The second kappa shape index (κ2) is 4.81. The summed E-state index contributed by atoms with van der Waals surface area (Å²) in [5.74, 6) is 0. The minimum absolute atomic E-state index is 0.111. The van der Waals surface area contributed by atoms with Crippen LogP contribution in [0.5, 0.6) is 0 Å². The van der Waals surface area contributed by atoms with E-state index in [4.69, 9.17) is 10.8 Å². The third-order valence-electron chi connectivity index (χ3n) is 0.499. The van der Waals surface area contributed by atoms with E-state index in [-0.39, 0.29) is 6.35 Å². The van der Waals surface area contributed by atoms with Gasteiger partial charge in [0.1, 0.15) is 0 Å². The van der Waals surface area contributed by atoms with Gasteiger partial charge in [0.15, 0.2) is 0 Å². The van der Waals surface area contributed by atoms with Gasteiger partial charge in [0, 0.05) is 6.29 Å². The molecular formula is C3H9N2O2P. The van der Waals surface area contributed by atoms with Crippen LogP contribution in [0, 0.1) is 0 Å². The second-order valence-corrected chi connectivity index (χ2v) is 2.30. The largest absolute Gasteiger partial charge is 0.392 e. The fraction of sp³-hybridized carbons (Fsp3) is 0.667. The summed E-state index contributed by atoms with van der Waals surface area (Å²) in [5.41, 5.74) is 4.71. The van der Waals surface area contributed by atoms with E-state index in [1.54, 1.807) is 0 Å². The quantitative estimate of drug-likeness (QED) is 0.352. The van der Waals surface area contributed by atoms with E-state index in [2.05, 4.69) is 5.32 Å². The number of hydrogen-bond acceptors (Lipinski definition) is 2. The van der Waals surface area contributed by atoms with Crippen LogP contribution < -0.4 is 11.1 Å². The molecule has 1 atom stereocenters. The van der Waals surface area contributed by atoms with Crippen LogP contribution in [0.2, 0.25) is 0 Å². The molecule has 0 aromatic carbocycles. The average Bonchev–Trinajstić information content (AvgIpc) is 1.66. The van der Waals surface area contributed by atoms with Gasteiger partial charge in [-0.2, -0.15) is 0 Å². The van der Waals surface area contributed by atoms with E-state index >= 15 is 0 Å². The molecule has 0 aromatic rings. The first-order valence-electron chi connectivity index (χ1n) is 2.12. The van der Waals surface area contributed by atoms with Crippen LogP contribution in [0.3, 0.4) is 0 Å². The topological polar surface area (TPSA) is 75.4 Å². The lowest BCUT2D eigenvalue weighted by atomic mass is 11.0. The van der Waals surface area contributed by atoms with Crippen LogP contribution in [0.4, 0.5) is 4.79 Å². The van der Waals surface area contributed by atoms with Gasteiger partial charge in [-0.25, -0.2) is 4.79 Å². The molecule has 0 heterocycles. The van der Waals surface area contributed by atoms with E-state index in [9.17, 15) is 4.79 Å². The summed E-state index contributed by atoms with van der Waals surface area (Å²) in [7, 11) is 0.351. The van der Waals surface area contributed by atoms with Crippen molar-refractivity contribution in [2.75, 3.05) is 12.6 Å². The van der Waals surface area contributed by atoms with Gasteiger partial charge >= 0.3 is 6.03 Å². The smallest absolute Gasteiger partial charge is 0.312 e. The molecule has 0 aliphatic carbocycles. The first-order chi connectivity index (χ1) is 3.77. The number of amides is 2.